The zero-order valence-electron chi connectivity index (χ0n) is 10.7. The summed E-state index contributed by atoms with van der Waals surface area (Å²) in [5.74, 6) is 0.962. The Labute approximate surface area is 99.9 Å². The van der Waals surface area contributed by atoms with Crippen molar-refractivity contribution >= 4 is 9.84 Å². The Morgan fingerprint density at radius 2 is 1.88 bits per heavy atom. The lowest BCUT2D eigenvalue weighted by Gasteiger charge is -2.29. The molecule has 1 aliphatic rings. The van der Waals surface area contributed by atoms with Crippen LogP contribution in [0.2, 0.25) is 0 Å². The molecule has 1 saturated carbocycles. The van der Waals surface area contributed by atoms with E-state index in [1.54, 1.807) is 13.8 Å². The predicted octanol–water partition coefficient (Wildman–Crippen LogP) is 1.98. The van der Waals surface area contributed by atoms with Gasteiger partial charge in [-0.1, -0.05) is 19.8 Å². The fourth-order valence-electron chi connectivity index (χ4n) is 2.24. The first-order valence-electron chi connectivity index (χ1n) is 6.38. The van der Waals surface area contributed by atoms with Crippen LogP contribution in [0.5, 0.6) is 0 Å². The van der Waals surface area contributed by atoms with Crippen molar-refractivity contribution in [3.63, 3.8) is 0 Å². The van der Waals surface area contributed by atoms with Gasteiger partial charge in [0.1, 0.15) is 0 Å². The molecule has 2 unspecified atom stereocenters. The van der Waals surface area contributed by atoms with Gasteiger partial charge < -0.3 is 5.32 Å². The van der Waals surface area contributed by atoms with Gasteiger partial charge in [0.2, 0.25) is 0 Å². The fourth-order valence-corrected chi connectivity index (χ4v) is 3.12. The van der Waals surface area contributed by atoms with Gasteiger partial charge in [-0.15, -0.1) is 0 Å². The molecule has 3 nitrogen and oxygen atoms in total. The third-order valence-electron chi connectivity index (χ3n) is 3.62. The van der Waals surface area contributed by atoms with Crippen molar-refractivity contribution < 1.29 is 8.42 Å². The van der Waals surface area contributed by atoms with Gasteiger partial charge in [0, 0.05) is 12.6 Å². The Balaban J connectivity index is 2.30. The fraction of sp³-hybridized carbons (Fsp3) is 1.00. The molecule has 0 aliphatic heterocycles. The van der Waals surface area contributed by atoms with E-state index in [4.69, 9.17) is 0 Å². The summed E-state index contributed by atoms with van der Waals surface area (Å²) in [7, 11) is -2.88. The molecule has 0 bridgehead atoms. The van der Waals surface area contributed by atoms with Gasteiger partial charge in [-0.05, 0) is 32.6 Å². The Kier molecular flexibility index (Phi) is 5.25. The van der Waals surface area contributed by atoms with E-state index >= 15 is 0 Å². The molecule has 4 heteroatoms. The summed E-state index contributed by atoms with van der Waals surface area (Å²) in [5, 5.41) is 3.15. The first-order valence-corrected chi connectivity index (χ1v) is 8.10. The number of hydrogen-bond donors (Lipinski definition) is 1. The molecule has 0 saturated heterocycles. The van der Waals surface area contributed by atoms with Crippen molar-refractivity contribution in [2.45, 2.75) is 57.7 Å². The molecular formula is C12H25NO2S. The second kappa shape index (κ2) is 6.01. The highest BCUT2D eigenvalue weighted by molar-refractivity contribution is 7.92. The quantitative estimate of drug-likeness (QED) is 0.808. The molecule has 0 aromatic carbocycles. The summed E-state index contributed by atoms with van der Waals surface area (Å²) < 4.78 is 23.2. The highest BCUT2D eigenvalue weighted by atomic mass is 32.2. The molecule has 1 rings (SSSR count). The molecule has 0 radical (unpaired) electrons. The highest BCUT2D eigenvalue weighted by Gasteiger charge is 2.22. The minimum atomic E-state index is -2.88. The lowest BCUT2D eigenvalue weighted by atomic mass is 9.86. The normalized spacial score (nSPS) is 27.2. The molecule has 16 heavy (non-hydrogen) atoms. The summed E-state index contributed by atoms with van der Waals surface area (Å²) >= 11 is 0. The van der Waals surface area contributed by atoms with Gasteiger partial charge in [0.05, 0.1) is 11.0 Å². The van der Waals surface area contributed by atoms with E-state index in [0.29, 0.717) is 18.5 Å². The highest BCUT2D eigenvalue weighted by Crippen LogP contribution is 2.23. The van der Waals surface area contributed by atoms with E-state index in [1.807, 2.05) is 0 Å². The Morgan fingerprint density at radius 1 is 1.25 bits per heavy atom. The maximum absolute atomic E-state index is 11.6. The third-order valence-corrected chi connectivity index (χ3v) is 5.83. The average molecular weight is 247 g/mol. The number of rotatable bonds is 5. The predicted molar refractivity (Wildman–Crippen MR) is 68.3 cm³/mol. The third kappa shape index (κ3) is 4.06. The van der Waals surface area contributed by atoms with Crippen LogP contribution in [0.1, 0.15) is 46.5 Å². The Morgan fingerprint density at radius 3 is 2.44 bits per heavy atom. The number of nitrogens with one attached hydrogen (secondary N) is 1. The molecule has 1 N–H and O–H groups in total. The molecule has 2 atom stereocenters. The summed E-state index contributed by atoms with van der Waals surface area (Å²) in [6, 6.07) is 0.524. The molecule has 0 aromatic heterocycles. The van der Waals surface area contributed by atoms with Crippen LogP contribution in [0.15, 0.2) is 0 Å². The van der Waals surface area contributed by atoms with E-state index in [0.717, 1.165) is 0 Å². The minimum Gasteiger partial charge on any atom is -0.313 e. The van der Waals surface area contributed by atoms with Crippen molar-refractivity contribution in [1.29, 1.82) is 0 Å². The first kappa shape index (κ1) is 14.0. The summed E-state index contributed by atoms with van der Waals surface area (Å²) in [6.45, 7) is 6.36. The van der Waals surface area contributed by atoms with Crippen LogP contribution >= 0.6 is 0 Å². The van der Waals surface area contributed by atoms with Crippen molar-refractivity contribution in [1.82, 2.24) is 5.32 Å². The Hall–Kier alpha value is -0.0900. The van der Waals surface area contributed by atoms with Crippen LogP contribution in [0, 0.1) is 5.92 Å². The molecule has 0 aromatic rings. The Bertz CT molecular complexity index is 298. The number of sulfone groups is 1. The summed E-state index contributed by atoms with van der Waals surface area (Å²) in [4.78, 5) is 0. The second-order valence-corrected chi connectivity index (χ2v) is 7.91. The molecule has 1 fully saturated rings. The lowest BCUT2D eigenvalue weighted by molar-refractivity contribution is 0.285. The van der Waals surface area contributed by atoms with E-state index in [2.05, 4.69) is 12.2 Å². The smallest absolute Gasteiger partial charge is 0.153 e. The van der Waals surface area contributed by atoms with Gasteiger partial charge in [-0.3, -0.25) is 0 Å². The van der Waals surface area contributed by atoms with Gasteiger partial charge in [0.25, 0.3) is 0 Å². The molecule has 0 amide bonds. The molecule has 1 aliphatic carbocycles. The van der Waals surface area contributed by atoms with E-state index in [-0.39, 0.29) is 11.0 Å². The van der Waals surface area contributed by atoms with E-state index < -0.39 is 9.84 Å². The van der Waals surface area contributed by atoms with Crippen molar-refractivity contribution in [3.05, 3.63) is 0 Å². The van der Waals surface area contributed by atoms with Gasteiger partial charge >= 0.3 is 0 Å². The van der Waals surface area contributed by atoms with Crippen LogP contribution in [-0.2, 0) is 9.84 Å². The first-order chi connectivity index (χ1) is 7.43. The standard InChI is InChI=1S/C12H25NO2S/c1-10(2)16(14,15)9-8-13-12-7-5-4-6-11(12)3/h10-13H,4-9H2,1-3H3. The molecule has 0 spiro atoms. The van der Waals surface area contributed by atoms with Crippen molar-refractivity contribution in [2.75, 3.05) is 12.3 Å². The summed E-state index contributed by atoms with van der Waals surface area (Å²) in [5.41, 5.74) is 0. The zero-order chi connectivity index (χ0) is 12.2. The SMILES string of the molecule is CC1CCCCC1NCCS(=O)(=O)C(C)C. The maximum atomic E-state index is 11.6. The topological polar surface area (TPSA) is 46.2 Å². The molecule has 96 valence electrons. The van der Waals surface area contributed by atoms with Gasteiger partial charge in [0.15, 0.2) is 9.84 Å². The van der Waals surface area contributed by atoms with Crippen LogP contribution in [-0.4, -0.2) is 32.0 Å². The zero-order valence-corrected chi connectivity index (χ0v) is 11.5. The van der Waals surface area contributed by atoms with Gasteiger partial charge in [-0.25, -0.2) is 8.42 Å². The van der Waals surface area contributed by atoms with Crippen LogP contribution in [0.4, 0.5) is 0 Å². The second-order valence-electron chi connectivity index (χ2n) is 5.24. The monoisotopic (exact) mass is 247 g/mol. The number of hydrogen-bond acceptors (Lipinski definition) is 3. The largest absolute Gasteiger partial charge is 0.313 e. The van der Waals surface area contributed by atoms with E-state index in [1.165, 1.54) is 25.7 Å². The summed E-state index contributed by atoms with van der Waals surface area (Å²) in [6.07, 6.45) is 5.07. The van der Waals surface area contributed by atoms with Crippen LogP contribution < -0.4 is 5.32 Å². The van der Waals surface area contributed by atoms with Gasteiger partial charge in [-0.2, -0.15) is 0 Å². The van der Waals surface area contributed by atoms with E-state index in [9.17, 15) is 8.42 Å². The average Bonchev–Trinajstić information content (AvgIpc) is 2.20. The lowest BCUT2D eigenvalue weighted by Crippen LogP contribution is -2.40. The molecular weight excluding hydrogens is 222 g/mol. The van der Waals surface area contributed by atoms with Crippen molar-refractivity contribution in [3.8, 4) is 0 Å². The maximum Gasteiger partial charge on any atom is 0.153 e. The van der Waals surface area contributed by atoms with Crippen molar-refractivity contribution in [2.24, 2.45) is 5.92 Å². The minimum absolute atomic E-state index is 0.252. The molecule has 0 heterocycles. The van der Waals surface area contributed by atoms with Crippen LogP contribution in [0.25, 0.3) is 0 Å². The van der Waals surface area contributed by atoms with Crippen LogP contribution in [0.3, 0.4) is 0 Å².